The van der Waals surface area contributed by atoms with Crippen molar-refractivity contribution in [2.24, 2.45) is 0 Å². The summed E-state index contributed by atoms with van der Waals surface area (Å²) in [5, 5.41) is 4.41. The summed E-state index contributed by atoms with van der Waals surface area (Å²) in [6.45, 7) is 4.19. The van der Waals surface area contributed by atoms with Crippen LogP contribution < -0.4 is 4.74 Å². The van der Waals surface area contributed by atoms with Gasteiger partial charge in [-0.15, -0.1) is 0 Å². The smallest absolute Gasteiger partial charge is 0.216 e. The molecule has 0 aromatic carbocycles. The molecule has 0 saturated heterocycles. The van der Waals surface area contributed by atoms with E-state index >= 15 is 0 Å². The molecular formula is C14H18N4O2. The number of Topliss-reactive ketones (excluding diaryl/α,β-unsaturated/α-hetero) is 1. The van der Waals surface area contributed by atoms with Gasteiger partial charge >= 0.3 is 0 Å². The first-order valence-electron chi connectivity index (χ1n) is 6.57. The summed E-state index contributed by atoms with van der Waals surface area (Å²) < 4.78 is 6.86. The SMILES string of the molecule is CCC(C)n1ccc(CC(=O)c2cc(OC)ncn2)n1. The quantitative estimate of drug-likeness (QED) is 0.754. The molecule has 2 heterocycles. The number of hydrogen-bond donors (Lipinski definition) is 0. The summed E-state index contributed by atoms with van der Waals surface area (Å²) in [6.07, 6.45) is 4.45. The first kappa shape index (κ1) is 14.2. The Hall–Kier alpha value is -2.24. The lowest BCUT2D eigenvalue weighted by atomic mass is 10.1. The van der Waals surface area contributed by atoms with Gasteiger partial charge in [0.15, 0.2) is 5.78 Å². The van der Waals surface area contributed by atoms with Crippen molar-refractivity contribution in [1.29, 1.82) is 0 Å². The molecule has 6 heteroatoms. The summed E-state index contributed by atoms with van der Waals surface area (Å²) in [5.41, 5.74) is 1.09. The molecule has 0 aliphatic rings. The number of carbonyl (C=O) groups is 1. The first-order chi connectivity index (χ1) is 9.63. The number of aromatic nitrogens is 4. The van der Waals surface area contributed by atoms with Crippen LogP contribution in [0.4, 0.5) is 0 Å². The molecule has 0 radical (unpaired) electrons. The molecule has 2 aromatic rings. The number of methoxy groups -OCH3 is 1. The number of carbonyl (C=O) groups excluding carboxylic acids is 1. The second-order valence-corrected chi connectivity index (χ2v) is 4.59. The summed E-state index contributed by atoms with van der Waals surface area (Å²) in [4.78, 5) is 20.0. The third-order valence-electron chi connectivity index (χ3n) is 3.18. The van der Waals surface area contributed by atoms with E-state index in [1.807, 2.05) is 16.9 Å². The van der Waals surface area contributed by atoms with Crippen LogP contribution >= 0.6 is 0 Å². The molecule has 0 saturated carbocycles. The molecule has 1 atom stereocenters. The fraction of sp³-hybridized carbons (Fsp3) is 0.429. The summed E-state index contributed by atoms with van der Waals surface area (Å²) >= 11 is 0. The average Bonchev–Trinajstić information content (AvgIpc) is 2.95. The normalized spacial score (nSPS) is 12.2. The van der Waals surface area contributed by atoms with Gasteiger partial charge in [-0.2, -0.15) is 5.10 Å². The maximum atomic E-state index is 12.1. The fourth-order valence-electron chi connectivity index (χ4n) is 1.76. The van der Waals surface area contributed by atoms with E-state index in [-0.39, 0.29) is 12.2 Å². The summed E-state index contributed by atoms with van der Waals surface area (Å²) in [7, 11) is 1.50. The number of hydrogen-bond acceptors (Lipinski definition) is 5. The van der Waals surface area contributed by atoms with Gasteiger partial charge in [-0.05, 0) is 19.4 Å². The highest BCUT2D eigenvalue weighted by atomic mass is 16.5. The topological polar surface area (TPSA) is 69.9 Å². The first-order valence-corrected chi connectivity index (χ1v) is 6.57. The third-order valence-corrected chi connectivity index (χ3v) is 3.18. The van der Waals surface area contributed by atoms with Gasteiger partial charge in [-0.1, -0.05) is 6.92 Å². The van der Waals surface area contributed by atoms with Crippen LogP contribution in [0.5, 0.6) is 5.88 Å². The molecule has 0 N–H and O–H groups in total. The molecule has 2 rings (SSSR count). The number of ketones is 1. The van der Waals surface area contributed by atoms with Crippen molar-refractivity contribution in [3.05, 3.63) is 36.0 Å². The van der Waals surface area contributed by atoms with Gasteiger partial charge in [0, 0.05) is 18.3 Å². The van der Waals surface area contributed by atoms with Crippen molar-refractivity contribution in [2.45, 2.75) is 32.7 Å². The molecule has 6 nitrogen and oxygen atoms in total. The number of nitrogens with zero attached hydrogens (tertiary/aromatic N) is 4. The van der Waals surface area contributed by atoms with E-state index in [1.54, 1.807) is 0 Å². The Kier molecular flexibility index (Phi) is 4.45. The minimum atomic E-state index is -0.0971. The largest absolute Gasteiger partial charge is 0.481 e. The Labute approximate surface area is 117 Å². The van der Waals surface area contributed by atoms with E-state index in [1.165, 1.54) is 19.5 Å². The van der Waals surface area contributed by atoms with E-state index in [4.69, 9.17) is 4.74 Å². The Morgan fingerprint density at radius 1 is 1.45 bits per heavy atom. The van der Waals surface area contributed by atoms with Gasteiger partial charge in [-0.3, -0.25) is 9.48 Å². The maximum absolute atomic E-state index is 12.1. The highest BCUT2D eigenvalue weighted by Gasteiger charge is 2.13. The van der Waals surface area contributed by atoms with Crippen LogP contribution in [0.1, 0.15) is 42.5 Å². The predicted octanol–water partition coefficient (Wildman–Crippen LogP) is 2.08. The lowest BCUT2D eigenvalue weighted by molar-refractivity contribution is 0.0986. The standard InChI is InChI=1S/C14H18N4O2/c1-4-10(2)18-6-5-11(17-18)7-13(19)12-8-14(20-3)16-9-15-12/h5-6,8-10H,4,7H2,1-3H3. The van der Waals surface area contributed by atoms with Gasteiger partial charge in [-0.25, -0.2) is 9.97 Å². The predicted molar refractivity (Wildman–Crippen MR) is 73.8 cm³/mol. The Morgan fingerprint density at radius 3 is 2.95 bits per heavy atom. The van der Waals surface area contributed by atoms with E-state index in [9.17, 15) is 4.79 Å². The second-order valence-electron chi connectivity index (χ2n) is 4.59. The van der Waals surface area contributed by atoms with Crippen LogP contribution in [0.15, 0.2) is 24.7 Å². The van der Waals surface area contributed by atoms with Crippen LogP contribution in [0.2, 0.25) is 0 Å². The van der Waals surface area contributed by atoms with Crippen molar-refractivity contribution >= 4 is 5.78 Å². The monoisotopic (exact) mass is 274 g/mol. The third kappa shape index (κ3) is 3.20. The van der Waals surface area contributed by atoms with Crippen molar-refractivity contribution in [3.63, 3.8) is 0 Å². The lowest BCUT2D eigenvalue weighted by Crippen LogP contribution is -2.09. The lowest BCUT2D eigenvalue weighted by Gasteiger charge is -2.08. The Balaban J connectivity index is 2.09. The zero-order valence-electron chi connectivity index (χ0n) is 11.9. The fourth-order valence-corrected chi connectivity index (χ4v) is 1.76. The van der Waals surface area contributed by atoms with E-state index in [0.717, 1.165) is 12.1 Å². The zero-order valence-corrected chi connectivity index (χ0v) is 11.9. The molecule has 0 aliphatic heterocycles. The Bertz CT molecular complexity index is 594. The minimum absolute atomic E-state index is 0.0971. The highest BCUT2D eigenvalue weighted by Crippen LogP contribution is 2.12. The van der Waals surface area contributed by atoms with Crippen LogP contribution in [0.25, 0.3) is 0 Å². The molecule has 106 valence electrons. The maximum Gasteiger partial charge on any atom is 0.216 e. The molecule has 20 heavy (non-hydrogen) atoms. The molecule has 1 unspecified atom stereocenters. The van der Waals surface area contributed by atoms with Crippen LogP contribution in [0, 0.1) is 0 Å². The molecular weight excluding hydrogens is 256 g/mol. The van der Waals surface area contributed by atoms with E-state index < -0.39 is 0 Å². The average molecular weight is 274 g/mol. The number of rotatable bonds is 6. The number of ether oxygens (including phenoxy) is 1. The Morgan fingerprint density at radius 2 is 2.25 bits per heavy atom. The molecule has 0 spiro atoms. The molecule has 0 aliphatic carbocycles. The van der Waals surface area contributed by atoms with Crippen molar-refractivity contribution in [1.82, 2.24) is 19.7 Å². The van der Waals surface area contributed by atoms with Crippen LogP contribution in [-0.4, -0.2) is 32.6 Å². The second kappa shape index (κ2) is 6.27. The molecule has 0 bridgehead atoms. The van der Waals surface area contributed by atoms with Crippen LogP contribution in [-0.2, 0) is 6.42 Å². The van der Waals surface area contributed by atoms with Crippen molar-refractivity contribution < 1.29 is 9.53 Å². The van der Waals surface area contributed by atoms with Gasteiger partial charge in [0.2, 0.25) is 5.88 Å². The summed E-state index contributed by atoms with van der Waals surface area (Å²) in [6, 6.07) is 3.73. The highest BCUT2D eigenvalue weighted by molar-refractivity contribution is 5.95. The van der Waals surface area contributed by atoms with E-state index in [0.29, 0.717) is 17.6 Å². The van der Waals surface area contributed by atoms with Gasteiger partial charge < -0.3 is 4.74 Å². The molecule has 0 fully saturated rings. The van der Waals surface area contributed by atoms with Gasteiger partial charge in [0.25, 0.3) is 0 Å². The summed E-state index contributed by atoms with van der Waals surface area (Å²) in [5.74, 6) is 0.286. The van der Waals surface area contributed by atoms with Gasteiger partial charge in [0.1, 0.15) is 12.0 Å². The van der Waals surface area contributed by atoms with Crippen molar-refractivity contribution in [3.8, 4) is 5.88 Å². The minimum Gasteiger partial charge on any atom is -0.481 e. The van der Waals surface area contributed by atoms with Crippen molar-refractivity contribution in [2.75, 3.05) is 7.11 Å². The van der Waals surface area contributed by atoms with Gasteiger partial charge in [0.05, 0.1) is 19.2 Å². The molecule has 0 amide bonds. The zero-order chi connectivity index (χ0) is 14.5. The molecule has 2 aromatic heterocycles. The van der Waals surface area contributed by atoms with Crippen LogP contribution in [0.3, 0.4) is 0 Å². The van der Waals surface area contributed by atoms with E-state index in [2.05, 4.69) is 28.9 Å².